The van der Waals surface area contributed by atoms with E-state index in [1.807, 2.05) is 6.07 Å². The summed E-state index contributed by atoms with van der Waals surface area (Å²) in [6.45, 7) is 4.31. The summed E-state index contributed by atoms with van der Waals surface area (Å²) < 4.78 is 0. The van der Waals surface area contributed by atoms with Crippen LogP contribution in [0.5, 0.6) is 0 Å². The fourth-order valence-corrected chi connectivity index (χ4v) is 2.52. The van der Waals surface area contributed by atoms with Crippen LogP contribution in [0.4, 0.5) is 5.69 Å². The molecule has 0 bridgehead atoms. The molecule has 3 heteroatoms. The first kappa shape index (κ1) is 15.5. The summed E-state index contributed by atoms with van der Waals surface area (Å²) in [5.41, 5.74) is 3.60. The molecule has 0 heterocycles. The second kappa shape index (κ2) is 7.79. The largest absolute Gasteiger partial charge is 0.356 e. The Kier molecular flexibility index (Phi) is 5.76. The van der Waals surface area contributed by atoms with Crippen molar-refractivity contribution in [3.05, 3.63) is 65.7 Å². The number of benzene rings is 2. The third kappa shape index (κ3) is 4.57. The van der Waals surface area contributed by atoms with Crippen molar-refractivity contribution in [2.75, 3.05) is 5.32 Å². The summed E-state index contributed by atoms with van der Waals surface area (Å²) >= 11 is 5.42. The lowest BCUT2D eigenvalue weighted by molar-refractivity contribution is 0.629. The summed E-state index contributed by atoms with van der Waals surface area (Å²) in [7, 11) is 0. The van der Waals surface area contributed by atoms with Gasteiger partial charge in [0.05, 0.1) is 6.04 Å². The van der Waals surface area contributed by atoms with Gasteiger partial charge in [0.2, 0.25) is 0 Å². The van der Waals surface area contributed by atoms with E-state index < -0.39 is 0 Å². The topological polar surface area (TPSA) is 24.1 Å². The molecule has 0 amide bonds. The molecule has 2 nitrogen and oxygen atoms in total. The highest BCUT2D eigenvalue weighted by Gasteiger charge is 2.09. The van der Waals surface area contributed by atoms with E-state index in [9.17, 15) is 0 Å². The molecule has 0 saturated heterocycles. The van der Waals surface area contributed by atoms with Crippen LogP contribution < -0.4 is 10.6 Å². The fraction of sp³-hybridized carbons (Fsp3) is 0.278. The Morgan fingerprint density at radius 1 is 1.00 bits per heavy atom. The zero-order valence-electron chi connectivity index (χ0n) is 12.6. The zero-order valence-corrected chi connectivity index (χ0v) is 13.4. The van der Waals surface area contributed by atoms with Crippen LogP contribution in [-0.4, -0.2) is 5.11 Å². The number of thiocarbonyl (C=S) groups is 1. The zero-order chi connectivity index (χ0) is 15.1. The molecule has 0 aliphatic heterocycles. The minimum atomic E-state index is 0.237. The Bertz CT molecular complexity index is 564. The first-order chi connectivity index (χ1) is 10.2. The Balaban J connectivity index is 1.96. The molecule has 0 fully saturated rings. The number of rotatable bonds is 5. The van der Waals surface area contributed by atoms with Crippen molar-refractivity contribution in [1.82, 2.24) is 5.32 Å². The third-order valence-corrected chi connectivity index (χ3v) is 3.76. The van der Waals surface area contributed by atoms with Crippen LogP contribution in [0.15, 0.2) is 54.6 Å². The van der Waals surface area contributed by atoms with Crippen molar-refractivity contribution in [3.8, 4) is 0 Å². The molecule has 0 aliphatic carbocycles. The molecule has 0 saturated carbocycles. The fourth-order valence-electron chi connectivity index (χ4n) is 2.26. The van der Waals surface area contributed by atoms with E-state index in [1.165, 1.54) is 11.1 Å². The van der Waals surface area contributed by atoms with Crippen LogP contribution >= 0.6 is 12.2 Å². The maximum absolute atomic E-state index is 5.42. The van der Waals surface area contributed by atoms with Crippen LogP contribution in [-0.2, 0) is 6.42 Å². The second-order valence-electron chi connectivity index (χ2n) is 5.02. The van der Waals surface area contributed by atoms with Crippen LogP contribution in [0.3, 0.4) is 0 Å². The van der Waals surface area contributed by atoms with Crippen molar-refractivity contribution in [2.24, 2.45) is 0 Å². The third-order valence-electron chi connectivity index (χ3n) is 3.54. The molecule has 0 spiro atoms. The Hall–Kier alpha value is -1.87. The quantitative estimate of drug-likeness (QED) is 0.783. The lowest BCUT2D eigenvalue weighted by atomic mass is 10.1. The highest BCUT2D eigenvalue weighted by Crippen LogP contribution is 2.16. The average molecular weight is 298 g/mol. The Labute approximate surface area is 132 Å². The number of nitrogens with one attached hydrogen (secondary N) is 2. The van der Waals surface area contributed by atoms with Gasteiger partial charge < -0.3 is 10.6 Å². The van der Waals surface area contributed by atoms with Gasteiger partial charge in [-0.15, -0.1) is 0 Å². The monoisotopic (exact) mass is 298 g/mol. The van der Waals surface area contributed by atoms with Gasteiger partial charge in [0, 0.05) is 5.69 Å². The molecule has 0 radical (unpaired) electrons. The van der Waals surface area contributed by atoms with E-state index in [0.29, 0.717) is 5.11 Å². The van der Waals surface area contributed by atoms with Gasteiger partial charge in [-0.25, -0.2) is 0 Å². The highest BCUT2D eigenvalue weighted by atomic mass is 32.1. The van der Waals surface area contributed by atoms with Gasteiger partial charge in [0.25, 0.3) is 0 Å². The van der Waals surface area contributed by atoms with Gasteiger partial charge in [0.1, 0.15) is 0 Å². The standard InChI is InChI=1S/C18H22N2S/c1-3-14-10-12-16(13-11-14)19-18(21)20-17(4-2)15-8-6-5-7-9-15/h5-13,17H,3-4H2,1-2H3,(H2,19,20,21)/t17-/m0/s1. The SMILES string of the molecule is CCc1ccc(NC(=S)N[C@@H](CC)c2ccccc2)cc1. The molecule has 2 aromatic carbocycles. The Morgan fingerprint density at radius 3 is 2.24 bits per heavy atom. The van der Waals surface area contributed by atoms with E-state index in [1.54, 1.807) is 0 Å². The van der Waals surface area contributed by atoms with Crippen molar-refractivity contribution >= 4 is 23.0 Å². The molecular weight excluding hydrogens is 276 g/mol. The lowest BCUT2D eigenvalue weighted by Gasteiger charge is -2.20. The average Bonchev–Trinajstić information content (AvgIpc) is 2.54. The van der Waals surface area contributed by atoms with Crippen LogP contribution in [0.25, 0.3) is 0 Å². The van der Waals surface area contributed by atoms with Crippen LogP contribution in [0.1, 0.15) is 37.4 Å². The molecule has 21 heavy (non-hydrogen) atoms. The highest BCUT2D eigenvalue weighted by molar-refractivity contribution is 7.80. The summed E-state index contributed by atoms with van der Waals surface area (Å²) in [5.74, 6) is 0. The van der Waals surface area contributed by atoms with Gasteiger partial charge in [-0.05, 0) is 48.3 Å². The minimum absolute atomic E-state index is 0.237. The molecule has 110 valence electrons. The van der Waals surface area contributed by atoms with E-state index in [-0.39, 0.29) is 6.04 Å². The van der Waals surface area contributed by atoms with E-state index in [4.69, 9.17) is 12.2 Å². The Morgan fingerprint density at radius 2 is 1.67 bits per heavy atom. The van der Waals surface area contributed by atoms with Gasteiger partial charge in [-0.2, -0.15) is 0 Å². The molecular formula is C18H22N2S. The smallest absolute Gasteiger partial charge is 0.171 e. The number of hydrogen-bond acceptors (Lipinski definition) is 1. The maximum Gasteiger partial charge on any atom is 0.171 e. The summed E-state index contributed by atoms with van der Waals surface area (Å²) in [5, 5.41) is 7.29. The number of hydrogen-bond donors (Lipinski definition) is 2. The van der Waals surface area contributed by atoms with E-state index in [2.05, 4.69) is 73.0 Å². The summed E-state index contributed by atoms with van der Waals surface area (Å²) in [6, 6.07) is 19.0. The first-order valence-corrected chi connectivity index (χ1v) is 7.85. The van der Waals surface area contributed by atoms with Gasteiger partial charge >= 0.3 is 0 Å². The second-order valence-corrected chi connectivity index (χ2v) is 5.43. The summed E-state index contributed by atoms with van der Waals surface area (Å²) in [6.07, 6.45) is 2.04. The van der Waals surface area contributed by atoms with Gasteiger partial charge in [-0.3, -0.25) is 0 Å². The molecule has 0 unspecified atom stereocenters. The van der Waals surface area contributed by atoms with E-state index >= 15 is 0 Å². The van der Waals surface area contributed by atoms with Crippen molar-refractivity contribution in [2.45, 2.75) is 32.7 Å². The van der Waals surface area contributed by atoms with Gasteiger partial charge in [0.15, 0.2) is 5.11 Å². The van der Waals surface area contributed by atoms with Crippen LogP contribution in [0, 0.1) is 0 Å². The lowest BCUT2D eigenvalue weighted by Crippen LogP contribution is -2.32. The molecule has 2 rings (SSSR count). The number of aryl methyl sites for hydroxylation is 1. The normalized spacial score (nSPS) is 11.7. The van der Waals surface area contributed by atoms with Crippen LogP contribution in [0.2, 0.25) is 0 Å². The van der Waals surface area contributed by atoms with Crippen molar-refractivity contribution in [1.29, 1.82) is 0 Å². The minimum Gasteiger partial charge on any atom is -0.356 e. The molecule has 0 aliphatic rings. The molecule has 0 aromatic heterocycles. The predicted molar refractivity (Wildman–Crippen MR) is 94.7 cm³/mol. The van der Waals surface area contributed by atoms with E-state index in [0.717, 1.165) is 18.5 Å². The molecule has 1 atom stereocenters. The van der Waals surface area contributed by atoms with Crippen molar-refractivity contribution in [3.63, 3.8) is 0 Å². The van der Waals surface area contributed by atoms with Crippen molar-refractivity contribution < 1.29 is 0 Å². The van der Waals surface area contributed by atoms with Gasteiger partial charge in [-0.1, -0.05) is 56.3 Å². The summed E-state index contributed by atoms with van der Waals surface area (Å²) in [4.78, 5) is 0. The molecule has 2 N–H and O–H groups in total. The maximum atomic E-state index is 5.42. The molecule has 2 aromatic rings. The number of anilines is 1. The predicted octanol–water partition coefficient (Wildman–Crippen LogP) is 4.69. The first-order valence-electron chi connectivity index (χ1n) is 7.44.